The molecule has 0 unspecified atom stereocenters. The molecule has 2 rings (SSSR count). The molecule has 0 atom stereocenters. The summed E-state index contributed by atoms with van der Waals surface area (Å²) in [7, 11) is 1.77. The summed E-state index contributed by atoms with van der Waals surface area (Å²) in [4.78, 5) is 16.0. The van der Waals surface area contributed by atoms with E-state index in [9.17, 15) is 4.79 Å². The van der Waals surface area contributed by atoms with Crippen LogP contribution in [0.25, 0.3) is 0 Å². The lowest BCUT2D eigenvalue weighted by atomic mass is 9.93. The molecule has 0 aliphatic heterocycles. The fourth-order valence-electron chi connectivity index (χ4n) is 1.60. The second kappa shape index (κ2) is 5.94. The zero-order valence-corrected chi connectivity index (χ0v) is 12.7. The van der Waals surface area contributed by atoms with Crippen LogP contribution >= 0.6 is 0 Å². The first-order chi connectivity index (χ1) is 9.86. The normalized spacial score (nSPS) is 11.4. The SMILES string of the molecule is Cn1nncc1CNC(=O)NCc1nc(C(C)(C)C)co1. The van der Waals surface area contributed by atoms with E-state index in [1.807, 2.05) is 0 Å². The van der Waals surface area contributed by atoms with Gasteiger partial charge in [0, 0.05) is 12.5 Å². The highest BCUT2D eigenvalue weighted by Crippen LogP contribution is 2.20. The minimum atomic E-state index is -0.299. The molecule has 2 aromatic rings. The van der Waals surface area contributed by atoms with Gasteiger partial charge in [0.1, 0.15) is 6.26 Å². The third kappa shape index (κ3) is 4.04. The quantitative estimate of drug-likeness (QED) is 0.879. The Labute approximate surface area is 122 Å². The first kappa shape index (κ1) is 15.0. The van der Waals surface area contributed by atoms with E-state index in [0.717, 1.165) is 11.4 Å². The van der Waals surface area contributed by atoms with Crippen molar-refractivity contribution in [3.8, 4) is 0 Å². The molecule has 0 aliphatic carbocycles. The Morgan fingerprint density at radius 1 is 1.33 bits per heavy atom. The van der Waals surface area contributed by atoms with Gasteiger partial charge in [0.15, 0.2) is 0 Å². The van der Waals surface area contributed by atoms with Crippen molar-refractivity contribution in [2.75, 3.05) is 0 Å². The van der Waals surface area contributed by atoms with E-state index < -0.39 is 0 Å². The van der Waals surface area contributed by atoms with Gasteiger partial charge in [-0.15, -0.1) is 5.10 Å². The van der Waals surface area contributed by atoms with Gasteiger partial charge >= 0.3 is 6.03 Å². The minimum absolute atomic E-state index is 0.0729. The fraction of sp³-hybridized carbons (Fsp3) is 0.538. The Bertz CT molecular complexity index is 610. The minimum Gasteiger partial charge on any atom is -0.447 e. The second-order valence-electron chi connectivity index (χ2n) is 5.76. The van der Waals surface area contributed by atoms with Gasteiger partial charge < -0.3 is 15.1 Å². The summed E-state index contributed by atoms with van der Waals surface area (Å²) in [6.07, 6.45) is 3.22. The molecular formula is C13H20N6O2. The van der Waals surface area contributed by atoms with Crippen LogP contribution in [0.3, 0.4) is 0 Å². The number of hydrogen-bond acceptors (Lipinski definition) is 5. The van der Waals surface area contributed by atoms with E-state index in [4.69, 9.17) is 4.42 Å². The summed E-state index contributed by atoms with van der Waals surface area (Å²) >= 11 is 0. The Morgan fingerprint density at radius 3 is 2.62 bits per heavy atom. The fourth-order valence-corrected chi connectivity index (χ4v) is 1.60. The van der Waals surface area contributed by atoms with Crippen LogP contribution in [0.5, 0.6) is 0 Å². The first-order valence-corrected chi connectivity index (χ1v) is 6.66. The van der Waals surface area contributed by atoms with Crippen LogP contribution in [0.1, 0.15) is 38.0 Å². The van der Waals surface area contributed by atoms with Crippen LogP contribution in [-0.4, -0.2) is 26.0 Å². The van der Waals surface area contributed by atoms with Gasteiger partial charge in [-0.05, 0) is 0 Å². The molecule has 2 aromatic heterocycles. The lowest BCUT2D eigenvalue weighted by Gasteiger charge is -2.13. The highest BCUT2D eigenvalue weighted by atomic mass is 16.3. The molecule has 0 spiro atoms. The molecule has 114 valence electrons. The molecular weight excluding hydrogens is 272 g/mol. The number of aryl methyl sites for hydroxylation is 1. The Morgan fingerprint density at radius 2 is 2.05 bits per heavy atom. The zero-order chi connectivity index (χ0) is 15.5. The monoisotopic (exact) mass is 292 g/mol. The van der Waals surface area contributed by atoms with Crippen molar-refractivity contribution in [1.82, 2.24) is 30.6 Å². The van der Waals surface area contributed by atoms with Crippen LogP contribution in [-0.2, 0) is 25.6 Å². The van der Waals surface area contributed by atoms with Crippen molar-refractivity contribution in [3.05, 3.63) is 29.7 Å². The Hall–Kier alpha value is -2.38. The summed E-state index contributed by atoms with van der Waals surface area (Å²) in [5.41, 5.74) is 1.60. The standard InChI is InChI=1S/C13H20N6O2/c1-13(2,3)10-8-21-11(17-10)7-15-12(20)14-5-9-6-16-18-19(9)4/h6,8H,5,7H2,1-4H3,(H2,14,15,20). The molecule has 8 nitrogen and oxygen atoms in total. The summed E-state index contributed by atoms with van der Waals surface area (Å²) < 4.78 is 6.93. The summed E-state index contributed by atoms with van der Waals surface area (Å²) in [6.45, 7) is 6.75. The molecule has 2 heterocycles. The molecule has 0 saturated carbocycles. The van der Waals surface area contributed by atoms with Gasteiger partial charge in [-0.3, -0.25) is 4.68 Å². The van der Waals surface area contributed by atoms with Crippen molar-refractivity contribution >= 4 is 6.03 Å². The molecule has 0 aliphatic rings. The number of rotatable bonds is 4. The third-order valence-electron chi connectivity index (χ3n) is 2.96. The predicted octanol–water partition coefficient (Wildman–Crippen LogP) is 1.10. The zero-order valence-electron chi connectivity index (χ0n) is 12.7. The Kier molecular flexibility index (Phi) is 4.25. The van der Waals surface area contributed by atoms with E-state index in [-0.39, 0.29) is 18.0 Å². The number of nitrogens with zero attached hydrogens (tertiary/aromatic N) is 4. The van der Waals surface area contributed by atoms with E-state index in [1.54, 1.807) is 24.2 Å². The smallest absolute Gasteiger partial charge is 0.315 e. The summed E-state index contributed by atoms with van der Waals surface area (Å²) in [5.74, 6) is 0.484. The molecule has 0 fully saturated rings. The number of carbonyl (C=O) groups excluding carboxylic acids is 1. The maximum atomic E-state index is 11.7. The molecule has 0 radical (unpaired) electrons. The average Bonchev–Trinajstić information content (AvgIpc) is 3.02. The van der Waals surface area contributed by atoms with Gasteiger partial charge in [0.05, 0.1) is 30.7 Å². The maximum Gasteiger partial charge on any atom is 0.315 e. The van der Waals surface area contributed by atoms with Crippen LogP contribution in [0.4, 0.5) is 4.79 Å². The molecule has 8 heteroatoms. The topological polar surface area (TPSA) is 97.9 Å². The van der Waals surface area contributed by atoms with E-state index in [2.05, 4.69) is 46.7 Å². The number of aromatic nitrogens is 4. The third-order valence-corrected chi connectivity index (χ3v) is 2.96. The highest BCUT2D eigenvalue weighted by molar-refractivity contribution is 5.73. The second-order valence-corrected chi connectivity index (χ2v) is 5.76. The molecule has 0 bridgehead atoms. The number of nitrogens with one attached hydrogen (secondary N) is 2. The number of carbonyl (C=O) groups is 1. The predicted molar refractivity (Wildman–Crippen MR) is 75.3 cm³/mol. The Balaban J connectivity index is 1.79. The summed E-state index contributed by atoms with van der Waals surface area (Å²) in [5, 5.41) is 12.9. The number of oxazole rings is 1. The van der Waals surface area contributed by atoms with Crippen LogP contribution in [0, 0.1) is 0 Å². The van der Waals surface area contributed by atoms with Gasteiger partial charge in [-0.1, -0.05) is 26.0 Å². The summed E-state index contributed by atoms with van der Waals surface area (Å²) in [6, 6.07) is -0.299. The highest BCUT2D eigenvalue weighted by Gasteiger charge is 2.18. The van der Waals surface area contributed by atoms with Gasteiger partial charge in [-0.25, -0.2) is 9.78 Å². The van der Waals surface area contributed by atoms with Crippen LogP contribution < -0.4 is 10.6 Å². The van der Waals surface area contributed by atoms with E-state index in [0.29, 0.717) is 12.4 Å². The molecule has 0 aromatic carbocycles. The van der Waals surface area contributed by atoms with E-state index in [1.165, 1.54) is 0 Å². The molecule has 2 N–H and O–H groups in total. The van der Waals surface area contributed by atoms with Crippen molar-refractivity contribution < 1.29 is 9.21 Å². The maximum absolute atomic E-state index is 11.7. The van der Waals surface area contributed by atoms with Crippen molar-refractivity contribution in [2.24, 2.45) is 7.05 Å². The first-order valence-electron chi connectivity index (χ1n) is 6.66. The molecule has 2 amide bonds. The number of amides is 2. The lowest BCUT2D eigenvalue weighted by molar-refractivity contribution is 0.238. The molecule has 0 saturated heterocycles. The van der Waals surface area contributed by atoms with Crippen molar-refractivity contribution in [2.45, 2.75) is 39.3 Å². The van der Waals surface area contributed by atoms with Gasteiger partial charge in [0.25, 0.3) is 0 Å². The largest absolute Gasteiger partial charge is 0.447 e. The lowest BCUT2D eigenvalue weighted by Crippen LogP contribution is -2.35. The van der Waals surface area contributed by atoms with E-state index >= 15 is 0 Å². The average molecular weight is 292 g/mol. The van der Waals surface area contributed by atoms with Crippen molar-refractivity contribution in [1.29, 1.82) is 0 Å². The number of hydrogen-bond donors (Lipinski definition) is 2. The van der Waals surface area contributed by atoms with Gasteiger partial charge in [0.2, 0.25) is 5.89 Å². The molecule has 21 heavy (non-hydrogen) atoms. The van der Waals surface area contributed by atoms with Crippen LogP contribution in [0.2, 0.25) is 0 Å². The van der Waals surface area contributed by atoms with Crippen molar-refractivity contribution in [3.63, 3.8) is 0 Å². The van der Waals surface area contributed by atoms with Gasteiger partial charge in [-0.2, -0.15) is 0 Å². The van der Waals surface area contributed by atoms with Crippen LogP contribution in [0.15, 0.2) is 16.9 Å². The number of urea groups is 1.